The first kappa shape index (κ1) is 15.5. The lowest BCUT2D eigenvalue weighted by Crippen LogP contribution is -2.27. The Hall–Kier alpha value is -2.03. The Balaban J connectivity index is 1.51. The van der Waals surface area contributed by atoms with Crippen molar-refractivity contribution in [3.05, 3.63) is 17.5 Å². The average molecular weight is 348 g/mol. The summed E-state index contributed by atoms with van der Waals surface area (Å²) in [7, 11) is 0. The number of rotatable bonds is 5. The molecule has 2 aliphatic rings. The van der Waals surface area contributed by atoms with Gasteiger partial charge in [0.15, 0.2) is 0 Å². The SMILES string of the molecule is CC(C)c1nsc(N2CCCC2c2nc(C(=O)NC3CC3)no2)n1. The van der Waals surface area contributed by atoms with Gasteiger partial charge in [-0.15, -0.1) is 0 Å². The summed E-state index contributed by atoms with van der Waals surface area (Å²) >= 11 is 1.40. The van der Waals surface area contributed by atoms with E-state index in [1.54, 1.807) is 0 Å². The number of carbonyl (C=O) groups is 1. The van der Waals surface area contributed by atoms with Crippen LogP contribution in [0.2, 0.25) is 0 Å². The van der Waals surface area contributed by atoms with Gasteiger partial charge in [0, 0.05) is 30.0 Å². The van der Waals surface area contributed by atoms with E-state index in [1.807, 2.05) is 0 Å². The lowest BCUT2D eigenvalue weighted by Gasteiger charge is -2.19. The van der Waals surface area contributed by atoms with Crippen molar-refractivity contribution in [3.63, 3.8) is 0 Å². The highest BCUT2D eigenvalue weighted by Crippen LogP contribution is 2.36. The van der Waals surface area contributed by atoms with E-state index in [1.165, 1.54) is 11.5 Å². The average Bonchev–Trinajstić information content (AvgIpc) is 3.05. The predicted octanol–water partition coefficient (Wildman–Crippen LogP) is 2.28. The van der Waals surface area contributed by atoms with Crippen molar-refractivity contribution in [1.29, 1.82) is 0 Å². The molecule has 8 nitrogen and oxygen atoms in total. The Bertz CT molecular complexity index is 738. The van der Waals surface area contributed by atoms with E-state index in [2.05, 4.69) is 43.6 Å². The number of anilines is 1. The number of hydrogen-bond donors (Lipinski definition) is 1. The monoisotopic (exact) mass is 348 g/mol. The molecule has 0 radical (unpaired) electrons. The number of aromatic nitrogens is 4. The summed E-state index contributed by atoms with van der Waals surface area (Å²) < 4.78 is 9.79. The molecule has 128 valence electrons. The van der Waals surface area contributed by atoms with E-state index in [9.17, 15) is 4.79 Å². The maximum atomic E-state index is 12.0. The summed E-state index contributed by atoms with van der Waals surface area (Å²) in [6, 6.07) is 0.242. The van der Waals surface area contributed by atoms with Crippen LogP contribution in [-0.4, -0.2) is 38.0 Å². The van der Waals surface area contributed by atoms with Crippen LogP contribution < -0.4 is 10.2 Å². The van der Waals surface area contributed by atoms with Crippen molar-refractivity contribution < 1.29 is 9.32 Å². The Morgan fingerprint density at radius 1 is 1.33 bits per heavy atom. The van der Waals surface area contributed by atoms with E-state index < -0.39 is 0 Å². The third-order valence-corrected chi connectivity index (χ3v) is 5.06. The molecule has 1 atom stereocenters. The first-order valence-electron chi connectivity index (χ1n) is 8.36. The molecule has 9 heteroatoms. The molecule has 2 aromatic heterocycles. The highest BCUT2D eigenvalue weighted by molar-refractivity contribution is 7.09. The van der Waals surface area contributed by atoms with Crippen LogP contribution in [0.3, 0.4) is 0 Å². The van der Waals surface area contributed by atoms with Gasteiger partial charge in [0.25, 0.3) is 11.7 Å². The standard InChI is InChI=1S/C15H20N6O2S/c1-8(2)11-18-15(24-20-11)21-7-3-4-10(21)14-17-12(19-23-14)13(22)16-9-5-6-9/h8-10H,3-7H2,1-2H3,(H,16,22). The van der Waals surface area contributed by atoms with Gasteiger partial charge in [-0.05, 0) is 25.7 Å². The van der Waals surface area contributed by atoms with Crippen molar-refractivity contribution in [2.24, 2.45) is 0 Å². The van der Waals surface area contributed by atoms with Crippen molar-refractivity contribution in [3.8, 4) is 0 Å². The molecule has 2 fully saturated rings. The van der Waals surface area contributed by atoms with Gasteiger partial charge in [-0.1, -0.05) is 19.0 Å². The summed E-state index contributed by atoms with van der Waals surface area (Å²) in [6.07, 6.45) is 3.99. The van der Waals surface area contributed by atoms with E-state index in [0.29, 0.717) is 11.8 Å². The van der Waals surface area contributed by atoms with Gasteiger partial charge >= 0.3 is 0 Å². The number of carbonyl (C=O) groups excluding carboxylic acids is 1. The molecule has 24 heavy (non-hydrogen) atoms. The van der Waals surface area contributed by atoms with E-state index >= 15 is 0 Å². The summed E-state index contributed by atoms with van der Waals surface area (Å²) in [4.78, 5) is 23.1. The fourth-order valence-corrected chi connectivity index (χ4v) is 3.65. The van der Waals surface area contributed by atoms with Crippen LogP contribution in [0.5, 0.6) is 0 Å². The number of nitrogens with zero attached hydrogens (tertiary/aromatic N) is 5. The minimum atomic E-state index is -0.255. The third kappa shape index (κ3) is 3.00. The molecule has 1 aliphatic carbocycles. The van der Waals surface area contributed by atoms with Gasteiger partial charge in [-0.25, -0.2) is 4.98 Å². The Labute approximate surface area is 143 Å². The summed E-state index contributed by atoms with van der Waals surface area (Å²) in [5, 5.41) is 7.60. The van der Waals surface area contributed by atoms with Crippen LogP contribution in [0.25, 0.3) is 0 Å². The predicted molar refractivity (Wildman–Crippen MR) is 88.1 cm³/mol. The second-order valence-corrected chi connectivity index (χ2v) is 7.38. The van der Waals surface area contributed by atoms with Crippen LogP contribution in [0.4, 0.5) is 5.13 Å². The second kappa shape index (κ2) is 6.12. The lowest BCUT2D eigenvalue weighted by atomic mass is 10.2. The minimum Gasteiger partial charge on any atom is -0.346 e. The minimum absolute atomic E-state index is 0.0343. The normalized spacial score (nSPS) is 20.8. The maximum Gasteiger partial charge on any atom is 0.292 e. The molecular formula is C15H20N6O2S. The fraction of sp³-hybridized carbons (Fsp3) is 0.667. The van der Waals surface area contributed by atoms with Gasteiger partial charge in [-0.3, -0.25) is 4.79 Å². The molecule has 2 aromatic rings. The molecule has 4 rings (SSSR count). The zero-order valence-electron chi connectivity index (χ0n) is 13.7. The van der Waals surface area contributed by atoms with Gasteiger partial charge in [0.2, 0.25) is 11.0 Å². The Morgan fingerprint density at radius 2 is 2.17 bits per heavy atom. The molecule has 0 aromatic carbocycles. The van der Waals surface area contributed by atoms with Gasteiger partial charge in [0.05, 0.1) is 0 Å². The van der Waals surface area contributed by atoms with Gasteiger partial charge in [-0.2, -0.15) is 9.36 Å². The molecule has 1 N–H and O–H groups in total. The smallest absolute Gasteiger partial charge is 0.292 e. The molecule has 0 spiro atoms. The maximum absolute atomic E-state index is 12.0. The highest BCUT2D eigenvalue weighted by atomic mass is 32.1. The van der Waals surface area contributed by atoms with Crippen LogP contribution in [0.1, 0.15) is 73.8 Å². The van der Waals surface area contributed by atoms with Crippen molar-refractivity contribution in [2.45, 2.75) is 57.5 Å². The topological polar surface area (TPSA) is 97.0 Å². The zero-order valence-corrected chi connectivity index (χ0v) is 14.5. The summed E-state index contributed by atoms with van der Waals surface area (Å²) in [5.41, 5.74) is 0. The molecule has 3 heterocycles. The molecular weight excluding hydrogens is 328 g/mol. The van der Waals surface area contributed by atoms with E-state index in [4.69, 9.17) is 4.52 Å². The second-order valence-electron chi connectivity index (χ2n) is 6.65. The number of amides is 1. The highest BCUT2D eigenvalue weighted by Gasteiger charge is 2.34. The van der Waals surface area contributed by atoms with Crippen molar-refractivity contribution in [2.75, 3.05) is 11.4 Å². The first-order valence-corrected chi connectivity index (χ1v) is 9.14. The van der Waals surface area contributed by atoms with Gasteiger partial charge < -0.3 is 14.7 Å². The quantitative estimate of drug-likeness (QED) is 0.885. The van der Waals surface area contributed by atoms with E-state index in [0.717, 1.165) is 43.2 Å². The Kier molecular flexibility index (Phi) is 3.95. The third-order valence-electron chi connectivity index (χ3n) is 4.29. The first-order chi connectivity index (χ1) is 11.6. The summed E-state index contributed by atoms with van der Waals surface area (Å²) in [6.45, 7) is 5.04. The Morgan fingerprint density at radius 3 is 2.88 bits per heavy atom. The van der Waals surface area contributed by atoms with Crippen LogP contribution in [0.15, 0.2) is 4.52 Å². The number of nitrogens with one attached hydrogen (secondary N) is 1. The van der Waals surface area contributed by atoms with Crippen LogP contribution in [-0.2, 0) is 0 Å². The van der Waals surface area contributed by atoms with E-state index in [-0.39, 0.29) is 23.8 Å². The lowest BCUT2D eigenvalue weighted by molar-refractivity contribution is 0.0937. The largest absolute Gasteiger partial charge is 0.346 e. The zero-order chi connectivity index (χ0) is 16.7. The molecule has 1 unspecified atom stereocenters. The fourth-order valence-electron chi connectivity index (χ4n) is 2.77. The molecule has 1 aliphatic heterocycles. The molecule has 1 saturated carbocycles. The molecule has 1 amide bonds. The van der Waals surface area contributed by atoms with Gasteiger partial charge in [0.1, 0.15) is 11.9 Å². The number of hydrogen-bond acceptors (Lipinski definition) is 8. The van der Waals surface area contributed by atoms with Crippen molar-refractivity contribution in [1.82, 2.24) is 24.8 Å². The van der Waals surface area contributed by atoms with Crippen LogP contribution >= 0.6 is 11.5 Å². The van der Waals surface area contributed by atoms with Crippen LogP contribution in [0, 0.1) is 0 Å². The molecule has 0 bridgehead atoms. The summed E-state index contributed by atoms with van der Waals surface area (Å²) in [5.74, 6) is 1.50. The molecule has 1 saturated heterocycles. The van der Waals surface area contributed by atoms with Crippen molar-refractivity contribution >= 4 is 22.6 Å².